The smallest absolute Gasteiger partial charge is 0.341 e. The van der Waals surface area contributed by atoms with Gasteiger partial charge in [0.2, 0.25) is 5.89 Å². The summed E-state index contributed by atoms with van der Waals surface area (Å²) in [7, 11) is 1.38. The number of nitro groups is 1. The van der Waals surface area contributed by atoms with Crippen molar-refractivity contribution in [2.24, 2.45) is 0 Å². The molecule has 10 heteroatoms. The maximum atomic E-state index is 13.8. The number of non-ortho nitro benzene ring substituents is 1. The number of aromatic nitrogens is 2. The Kier molecular flexibility index (Phi) is 5.06. The van der Waals surface area contributed by atoms with Crippen LogP contribution in [0.15, 0.2) is 46.9 Å². The lowest BCUT2D eigenvalue weighted by atomic mass is 10.2. The number of carbonyl (C=O) groups is 1. The van der Waals surface area contributed by atoms with Gasteiger partial charge in [-0.2, -0.15) is 0 Å². The molecule has 2 aromatic carbocycles. The number of halogens is 1. The van der Waals surface area contributed by atoms with E-state index in [1.165, 1.54) is 43.5 Å². The van der Waals surface area contributed by atoms with Crippen molar-refractivity contribution in [3.05, 3.63) is 69.9 Å². The monoisotopic (exact) mass is 373 g/mol. The van der Waals surface area contributed by atoms with Gasteiger partial charge in [0.1, 0.15) is 11.6 Å². The van der Waals surface area contributed by atoms with E-state index in [0.29, 0.717) is 5.56 Å². The molecule has 3 aromatic rings. The number of hydrogen-bond acceptors (Lipinski definition) is 8. The Labute approximate surface area is 151 Å². The number of nitrogens with zero attached hydrogens (tertiary/aromatic N) is 3. The summed E-state index contributed by atoms with van der Waals surface area (Å²) in [6, 6.07) is 9.24. The first kappa shape index (κ1) is 18.0. The van der Waals surface area contributed by atoms with E-state index in [2.05, 4.69) is 10.2 Å². The summed E-state index contributed by atoms with van der Waals surface area (Å²) < 4.78 is 29.0. The molecule has 0 saturated heterocycles. The molecular weight excluding hydrogens is 361 g/mol. The van der Waals surface area contributed by atoms with Gasteiger partial charge in [-0.05, 0) is 24.3 Å². The van der Waals surface area contributed by atoms with Crippen LogP contribution in [0.5, 0.6) is 5.75 Å². The van der Waals surface area contributed by atoms with E-state index < -0.39 is 16.7 Å². The van der Waals surface area contributed by atoms with E-state index >= 15 is 0 Å². The molecule has 0 radical (unpaired) electrons. The van der Waals surface area contributed by atoms with Crippen LogP contribution in [0.1, 0.15) is 16.2 Å². The molecule has 0 amide bonds. The topological polar surface area (TPSA) is 118 Å². The zero-order valence-electron chi connectivity index (χ0n) is 13.9. The molecule has 0 aliphatic carbocycles. The van der Waals surface area contributed by atoms with Gasteiger partial charge in [-0.25, -0.2) is 9.18 Å². The molecule has 0 fully saturated rings. The van der Waals surface area contributed by atoms with E-state index in [0.717, 1.165) is 6.07 Å². The molecule has 3 rings (SSSR count). The van der Waals surface area contributed by atoms with Gasteiger partial charge in [0, 0.05) is 23.8 Å². The van der Waals surface area contributed by atoms with Gasteiger partial charge in [-0.15, -0.1) is 10.2 Å². The Bertz CT molecular complexity index is 987. The van der Waals surface area contributed by atoms with E-state index in [9.17, 15) is 19.3 Å². The van der Waals surface area contributed by atoms with Crippen molar-refractivity contribution < 1.29 is 28.0 Å². The second-order valence-corrected chi connectivity index (χ2v) is 5.23. The van der Waals surface area contributed by atoms with Crippen LogP contribution in [0.4, 0.5) is 10.1 Å². The van der Waals surface area contributed by atoms with Crippen LogP contribution in [0.25, 0.3) is 11.5 Å². The van der Waals surface area contributed by atoms with Crippen molar-refractivity contribution in [3.8, 4) is 17.2 Å². The first-order valence-corrected chi connectivity index (χ1v) is 7.56. The van der Waals surface area contributed by atoms with E-state index in [-0.39, 0.29) is 35.4 Å². The zero-order chi connectivity index (χ0) is 19.4. The molecule has 0 bridgehead atoms. The summed E-state index contributed by atoms with van der Waals surface area (Å²) in [4.78, 5) is 22.1. The minimum atomic E-state index is -0.898. The number of rotatable bonds is 6. The van der Waals surface area contributed by atoms with Crippen molar-refractivity contribution in [2.75, 3.05) is 7.11 Å². The summed E-state index contributed by atoms with van der Waals surface area (Å²) in [6.45, 7) is -0.357. The van der Waals surface area contributed by atoms with Gasteiger partial charge in [-0.3, -0.25) is 10.1 Å². The predicted octanol–water partition coefficient (Wildman–Crippen LogP) is 3.15. The third-order valence-corrected chi connectivity index (χ3v) is 3.51. The number of esters is 1. The summed E-state index contributed by atoms with van der Waals surface area (Å²) in [5.74, 6) is -1.31. The van der Waals surface area contributed by atoms with Crippen LogP contribution in [-0.4, -0.2) is 28.2 Å². The number of carbonyl (C=O) groups excluding carboxylic acids is 1. The molecule has 0 aliphatic heterocycles. The number of benzene rings is 2. The van der Waals surface area contributed by atoms with E-state index in [1.807, 2.05) is 0 Å². The molecular formula is C17H12FN3O6. The third-order valence-electron chi connectivity index (χ3n) is 3.51. The molecule has 9 nitrogen and oxygen atoms in total. The molecule has 1 aromatic heterocycles. The van der Waals surface area contributed by atoms with Crippen molar-refractivity contribution in [1.29, 1.82) is 0 Å². The Hall–Kier alpha value is -3.82. The number of ether oxygens (including phenoxy) is 2. The van der Waals surface area contributed by atoms with Crippen molar-refractivity contribution >= 4 is 11.7 Å². The molecule has 1 heterocycles. The Balaban J connectivity index is 1.65. The van der Waals surface area contributed by atoms with Crippen molar-refractivity contribution in [1.82, 2.24) is 10.2 Å². The first-order chi connectivity index (χ1) is 13.0. The summed E-state index contributed by atoms with van der Waals surface area (Å²) in [6.07, 6.45) is 0. The standard InChI is InChI=1S/C17H12FN3O6/c1-25-12-6-7-13(14(18)8-12)17(22)26-9-15-19-20-16(27-15)10-2-4-11(5-3-10)21(23)24/h2-8H,9H2,1H3. The lowest BCUT2D eigenvalue weighted by Gasteiger charge is -2.05. The van der Waals surface area contributed by atoms with Crippen LogP contribution in [0.3, 0.4) is 0 Å². The molecule has 0 spiro atoms. The predicted molar refractivity (Wildman–Crippen MR) is 88.5 cm³/mol. The Morgan fingerprint density at radius 3 is 2.59 bits per heavy atom. The molecule has 27 heavy (non-hydrogen) atoms. The van der Waals surface area contributed by atoms with Gasteiger partial charge in [0.05, 0.1) is 17.6 Å². The van der Waals surface area contributed by atoms with Crippen molar-refractivity contribution in [3.63, 3.8) is 0 Å². The fourth-order valence-corrected chi connectivity index (χ4v) is 2.15. The molecule has 138 valence electrons. The lowest BCUT2D eigenvalue weighted by Crippen LogP contribution is -2.08. The molecule has 0 N–H and O–H groups in total. The SMILES string of the molecule is COc1ccc(C(=O)OCc2nnc(-c3ccc([N+](=O)[O-])cc3)o2)c(F)c1. The van der Waals surface area contributed by atoms with Crippen LogP contribution >= 0.6 is 0 Å². The number of methoxy groups -OCH3 is 1. The Morgan fingerprint density at radius 2 is 1.96 bits per heavy atom. The van der Waals surface area contributed by atoms with Gasteiger partial charge >= 0.3 is 5.97 Å². The minimum absolute atomic E-state index is 0.00868. The van der Waals surface area contributed by atoms with Gasteiger partial charge < -0.3 is 13.9 Å². The quantitative estimate of drug-likeness (QED) is 0.367. The second kappa shape index (κ2) is 7.60. The maximum Gasteiger partial charge on any atom is 0.341 e. The zero-order valence-corrected chi connectivity index (χ0v) is 13.9. The van der Waals surface area contributed by atoms with Crippen LogP contribution in [0, 0.1) is 15.9 Å². The summed E-state index contributed by atoms with van der Waals surface area (Å²) in [5, 5.41) is 18.2. The first-order valence-electron chi connectivity index (χ1n) is 7.56. The average Bonchev–Trinajstić information content (AvgIpc) is 3.15. The average molecular weight is 373 g/mol. The number of hydrogen-bond donors (Lipinski definition) is 0. The highest BCUT2D eigenvalue weighted by atomic mass is 19.1. The minimum Gasteiger partial charge on any atom is -0.497 e. The van der Waals surface area contributed by atoms with Crippen LogP contribution in [0.2, 0.25) is 0 Å². The largest absolute Gasteiger partial charge is 0.497 e. The second-order valence-electron chi connectivity index (χ2n) is 5.23. The van der Waals surface area contributed by atoms with Crippen LogP contribution < -0.4 is 4.74 Å². The highest BCUT2D eigenvalue weighted by molar-refractivity contribution is 5.89. The normalized spacial score (nSPS) is 10.4. The third kappa shape index (κ3) is 4.06. The highest BCUT2D eigenvalue weighted by Crippen LogP contribution is 2.22. The van der Waals surface area contributed by atoms with Gasteiger partial charge in [-0.1, -0.05) is 0 Å². The summed E-state index contributed by atoms with van der Waals surface area (Å²) in [5.41, 5.74) is 0.131. The number of nitro benzene ring substituents is 1. The van der Waals surface area contributed by atoms with Gasteiger partial charge in [0.25, 0.3) is 11.6 Å². The molecule has 0 unspecified atom stereocenters. The Morgan fingerprint density at radius 1 is 1.22 bits per heavy atom. The van der Waals surface area contributed by atoms with E-state index in [1.54, 1.807) is 0 Å². The fraction of sp³-hybridized carbons (Fsp3) is 0.118. The molecule has 0 saturated carbocycles. The fourth-order valence-electron chi connectivity index (χ4n) is 2.15. The van der Waals surface area contributed by atoms with E-state index in [4.69, 9.17) is 13.9 Å². The molecule has 0 aliphatic rings. The maximum absolute atomic E-state index is 13.8. The summed E-state index contributed by atoms with van der Waals surface area (Å²) >= 11 is 0. The van der Waals surface area contributed by atoms with Crippen LogP contribution in [-0.2, 0) is 11.3 Å². The van der Waals surface area contributed by atoms with Gasteiger partial charge in [0.15, 0.2) is 6.61 Å². The highest BCUT2D eigenvalue weighted by Gasteiger charge is 2.16. The molecule has 0 atom stereocenters. The van der Waals surface area contributed by atoms with Crippen molar-refractivity contribution in [2.45, 2.75) is 6.61 Å². The lowest BCUT2D eigenvalue weighted by molar-refractivity contribution is -0.384.